The monoisotopic (exact) mass is 258 g/mol. The van der Waals surface area contributed by atoms with Gasteiger partial charge in [0.1, 0.15) is 5.82 Å². The minimum atomic E-state index is 0.265. The van der Waals surface area contributed by atoms with Gasteiger partial charge < -0.3 is 10.6 Å². The highest BCUT2D eigenvalue weighted by Gasteiger charge is 2.10. The molecular weight excluding hydrogens is 240 g/mol. The molecule has 0 aromatic carbocycles. The number of pyridine rings is 1. The summed E-state index contributed by atoms with van der Waals surface area (Å²) < 4.78 is 0. The Morgan fingerprint density at radius 1 is 1.05 bits per heavy atom. The van der Waals surface area contributed by atoms with Gasteiger partial charge in [0, 0.05) is 31.9 Å². The fourth-order valence-corrected chi connectivity index (χ4v) is 1.84. The van der Waals surface area contributed by atoms with Gasteiger partial charge in [-0.1, -0.05) is 0 Å². The van der Waals surface area contributed by atoms with Crippen molar-refractivity contribution < 1.29 is 0 Å². The highest BCUT2D eigenvalue weighted by molar-refractivity contribution is 5.35. The lowest BCUT2D eigenvalue weighted by molar-refractivity contribution is 0.797. The van der Waals surface area contributed by atoms with Crippen molar-refractivity contribution in [3.63, 3.8) is 0 Å². The van der Waals surface area contributed by atoms with Crippen molar-refractivity contribution in [3.05, 3.63) is 35.9 Å². The standard InChI is InChI=1S/C13H18N6/c1-3-19(4-2)13-17-11(16-12(14)18-13)9-10-5-7-15-8-6-10/h5-8H,3-4,9H2,1-2H3,(H2,14,16,17,18). The van der Waals surface area contributed by atoms with Crippen LogP contribution < -0.4 is 10.6 Å². The summed E-state index contributed by atoms with van der Waals surface area (Å²) in [6.07, 6.45) is 4.14. The number of aromatic nitrogens is 4. The van der Waals surface area contributed by atoms with Gasteiger partial charge in [-0.05, 0) is 31.5 Å². The third-order valence-corrected chi connectivity index (χ3v) is 2.85. The maximum absolute atomic E-state index is 5.76. The van der Waals surface area contributed by atoms with Crippen molar-refractivity contribution in [3.8, 4) is 0 Å². The number of nitrogens with two attached hydrogens (primary N) is 1. The normalized spacial score (nSPS) is 10.4. The van der Waals surface area contributed by atoms with E-state index in [0.29, 0.717) is 18.2 Å². The molecule has 0 unspecified atom stereocenters. The maximum atomic E-state index is 5.76. The van der Waals surface area contributed by atoms with Crippen LogP contribution in [0.25, 0.3) is 0 Å². The Balaban J connectivity index is 2.26. The molecule has 0 fully saturated rings. The summed E-state index contributed by atoms with van der Waals surface area (Å²) >= 11 is 0. The molecule has 0 atom stereocenters. The number of nitrogen functional groups attached to an aromatic ring is 1. The SMILES string of the molecule is CCN(CC)c1nc(N)nc(Cc2ccncc2)n1. The molecule has 0 aliphatic rings. The van der Waals surface area contributed by atoms with Gasteiger partial charge in [-0.25, -0.2) is 0 Å². The molecule has 0 aliphatic heterocycles. The largest absolute Gasteiger partial charge is 0.368 e. The maximum Gasteiger partial charge on any atom is 0.230 e. The summed E-state index contributed by atoms with van der Waals surface area (Å²) in [5.41, 5.74) is 6.86. The van der Waals surface area contributed by atoms with E-state index in [1.807, 2.05) is 17.0 Å². The average molecular weight is 258 g/mol. The van der Waals surface area contributed by atoms with E-state index < -0.39 is 0 Å². The molecule has 0 bridgehead atoms. The molecule has 2 aromatic rings. The molecule has 19 heavy (non-hydrogen) atoms. The Labute approximate surface area is 112 Å². The Morgan fingerprint density at radius 2 is 1.74 bits per heavy atom. The quantitative estimate of drug-likeness (QED) is 0.870. The third kappa shape index (κ3) is 3.37. The summed E-state index contributed by atoms with van der Waals surface area (Å²) in [5.74, 6) is 1.59. The van der Waals surface area contributed by atoms with Gasteiger partial charge in [-0.3, -0.25) is 4.98 Å². The van der Waals surface area contributed by atoms with Crippen molar-refractivity contribution in [1.82, 2.24) is 19.9 Å². The summed E-state index contributed by atoms with van der Waals surface area (Å²) in [6.45, 7) is 5.81. The second-order valence-corrected chi connectivity index (χ2v) is 4.11. The average Bonchev–Trinajstić information content (AvgIpc) is 2.40. The molecule has 6 nitrogen and oxygen atoms in total. The predicted octanol–water partition coefficient (Wildman–Crippen LogP) is 1.29. The fourth-order valence-electron chi connectivity index (χ4n) is 1.84. The third-order valence-electron chi connectivity index (χ3n) is 2.85. The fraction of sp³-hybridized carbons (Fsp3) is 0.385. The lowest BCUT2D eigenvalue weighted by Gasteiger charge is -2.18. The van der Waals surface area contributed by atoms with Crippen molar-refractivity contribution in [2.75, 3.05) is 23.7 Å². The number of hydrogen-bond acceptors (Lipinski definition) is 6. The first kappa shape index (κ1) is 13.2. The zero-order valence-electron chi connectivity index (χ0n) is 11.2. The van der Waals surface area contributed by atoms with Gasteiger partial charge in [0.05, 0.1) is 0 Å². The van der Waals surface area contributed by atoms with E-state index in [9.17, 15) is 0 Å². The molecule has 0 amide bonds. The van der Waals surface area contributed by atoms with Gasteiger partial charge >= 0.3 is 0 Å². The number of hydrogen-bond donors (Lipinski definition) is 1. The van der Waals surface area contributed by atoms with Crippen LogP contribution in [-0.4, -0.2) is 33.0 Å². The minimum Gasteiger partial charge on any atom is -0.368 e. The second-order valence-electron chi connectivity index (χ2n) is 4.11. The van der Waals surface area contributed by atoms with E-state index in [1.165, 1.54) is 0 Å². The van der Waals surface area contributed by atoms with Crippen molar-refractivity contribution in [2.45, 2.75) is 20.3 Å². The molecule has 0 aliphatic carbocycles. The Kier molecular flexibility index (Phi) is 4.22. The van der Waals surface area contributed by atoms with E-state index in [4.69, 9.17) is 5.73 Å². The van der Waals surface area contributed by atoms with Crippen molar-refractivity contribution in [2.24, 2.45) is 0 Å². The van der Waals surface area contributed by atoms with E-state index in [2.05, 4.69) is 33.8 Å². The lowest BCUT2D eigenvalue weighted by atomic mass is 10.2. The Hall–Kier alpha value is -2.24. The van der Waals surface area contributed by atoms with E-state index >= 15 is 0 Å². The molecule has 2 heterocycles. The number of anilines is 2. The van der Waals surface area contributed by atoms with Crippen LogP contribution >= 0.6 is 0 Å². The first-order valence-corrected chi connectivity index (χ1v) is 6.37. The number of rotatable bonds is 5. The van der Waals surface area contributed by atoms with Crippen LogP contribution in [0.5, 0.6) is 0 Å². The van der Waals surface area contributed by atoms with E-state index in [-0.39, 0.29) is 5.95 Å². The van der Waals surface area contributed by atoms with Crippen LogP contribution in [0.4, 0.5) is 11.9 Å². The first-order valence-electron chi connectivity index (χ1n) is 6.37. The summed E-state index contributed by atoms with van der Waals surface area (Å²) in [5, 5.41) is 0. The van der Waals surface area contributed by atoms with E-state index in [0.717, 1.165) is 18.7 Å². The summed E-state index contributed by atoms with van der Waals surface area (Å²) in [4.78, 5) is 18.9. The lowest BCUT2D eigenvalue weighted by Crippen LogP contribution is -2.25. The molecular formula is C13H18N6. The zero-order valence-corrected chi connectivity index (χ0v) is 11.2. The Morgan fingerprint density at radius 3 is 2.37 bits per heavy atom. The molecule has 2 aromatic heterocycles. The van der Waals surface area contributed by atoms with Crippen LogP contribution in [0.1, 0.15) is 25.2 Å². The smallest absolute Gasteiger partial charge is 0.230 e. The molecule has 0 radical (unpaired) electrons. The van der Waals surface area contributed by atoms with Gasteiger partial charge in [0.2, 0.25) is 11.9 Å². The Bertz CT molecular complexity index is 524. The van der Waals surface area contributed by atoms with E-state index in [1.54, 1.807) is 12.4 Å². The second kappa shape index (κ2) is 6.08. The van der Waals surface area contributed by atoms with Gasteiger partial charge in [0.15, 0.2) is 0 Å². The zero-order chi connectivity index (χ0) is 13.7. The summed E-state index contributed by atoms with van der Waals surface area (Å²) in [6, 6.07) is 3.88. The van der Waals surface area contributed by atoms with Crippen LogP contribution in [-0.2, 0) is 6.42 Å². The first-order chi connectivity index (χ1) is 9.22. The van der Waals surface area contributed by atoms with Crippen molar-refractivity contribution >= 4 is 11.9 Å². The molecule has 100 valence electrons. The molecule has 0 spiro atoms. The number of nitrogens with zero attached hydrogens (tertiary/aromatic N) is 5. The minimum absolute atomic E-state index is 0.265. The molecule has 0 saturated heterocycles. The topological polar surface area (TPSA) is 80.8 Å². The highest BCUT2D eigenvalue weighted by Crippen LogP contribution is 2.11. The highest BCUT2D eigenvalue weighted by atomic mass is 15.3. The predicted molar refractivity (Wildman–Crippen MR) is 74.8 cm³/mol. The molecule has 0 saturated carbocycles. The van der Waals surface area contributed by atoms with Crippen LogP contribution in [0, 0.1) is 0 Å². The van der Waals surface area contributed by atoms with Crippen molar-refractivity contribution in [1.29, 1.82) is 0 Å². The molecule has 2 rings (SSSR count). The molecule has 6 heteroatoms. The summed E-state index contributed by atoms with van der Waals surface area (Å²) in [7, 11) is 0. The molecule has 2 N–H and O–H groups in total. The van der Waals surface area contributed by atoms with Gasteiger partial charge in [0.25, 0.3) is 0 Å². The van der Waals surface area contributed by atoms with Crippen LogP contribution in [0.15, 0.2) is 24.5 Å². The van der Waals surface area contributed by atoms with Crippen LogP contribution in [0.2, 0.25) is 0 Å². The van der Waals surface area contributed by atoms with Gasteiger partial charge in [-0.2, -0.15) is 15.0 Å². The van der Waals surface area contributed by atoms with Crippen LogP contribution in [0.3, 0.4) is 0 Å². The van der Waals surface area contributed by atoms with Gasteiger partial charge in [-0.15, -0.1) is 0 Å².